The highest BCUT2D eigenvalue weighted by Crippen LogP contribution is 2.28. The van der Waals surface area contributed by atoms with Gasteiger partial charge in [0.05, 0.1) is 11.8 Å². The Labute approximate surface area is 169 Å². The molecule has 0 bridgehead atoms. The summed E-state index contributed by atoms with van der Waals surface area (Å²) < 4.78 is 5.56. The highest BCUT2D eigenvalue weighted by atomic mass is 16.4. The topological polar surface area (TPSA) is 70.8 Å². The van der Waals surface area contributed by atoms with E-state index in [1.54, 1.807) is 30.5 Å². The minimum Gasteiger partial charge on any atom is -0.478 e. The maximum absolute atomic E-state index is 13.4. The Morgan fingerprint density at radius 3 is 2.34 bits per heavy atom. The fraction of sp³-hybridized carbons (Fsp3) is 0.250. The van der Waals surface area contributed by atoms with Crippen LogP contribution in [0.15, 0.2) is 71.3 Å². The number of fused-ring (bicyclic) bond motifs is 1. The van der Waals surface area contributed by atoms with Gasteiger partial charge in [0.2, 0.25) is 5.91 Å². The van der Waals surface area contributed by atoms with Crippen LogP contribution in [-0.4, -0.2) is 21.9 Å². The summed E-state index contributed by atoms with van der Waals surface area (Å²) in [5, 5.41) is 9.10. The zero-order chi connectivity index (χ0) is 20.2. The quantitative estimate of drug-likeness (QED) is 0.682. The fourth-order valence-electron chi connectivity index (χ4n) is 3.88. The van der Waals surface area contributed by atoms with E-state index in [4.69, 9.17) is 9.52 Å². The highest BCUT2D eigenvalue weighted by molar-refractivity contribution is 5.87. The Balaban J connectivity index is 1.54. The normalized spacial score (nSPS) is 15.5. The number of hydrogen-bond acceptors (Lipinski definition) is 3. The highest BCUT2D eigenvalue weighted by Gasteiger charge is 2.30. The SMILES string of the molecule is O=C(O)c1ccc(CN(Cc2ccccc2)C(=O)C2CCc3ccoc3C2)cc1. The number of nitrogens with zero attached hydrogens (tertiary/aromatic N) is 1. The molecule has 0 fully saturated rings. The number of hydrogen-bond donors (Lipinski definition) is 1. The fourth-order valence-corrected chi connectivity index (χ4v) is 3.88. The molecule has 0 aliphatic heterocycles. The van der Waals surface area contributed by atoms with Gasteiger partial charge in [-0.25, -0.2) is 4.79 Å². The van der Waals surface area contributed by atoms with Crippen molar-refractivity contribution < 1.29 is 19.1 Å². The molecule has 1 aromatic heterocycles. The molecule has 3 aromatic rings. The van der Waals surface area contributed by atoms with E-state index >= 15 is 0 Å². The largest absolute Gasteiger partial charge is 0.478 e. The van der Waals surface area contributed by atoms with Crippen LogP contribution in [0, 0.1) is 5.92 Å². The molecule has 29 heavy (non-hydrogen) atoms. The van der Waals surface area contributed by atoms with Crippen LogP contribution in [0.3, 0.4) is 0 Å². The van der Waals surface area contributed by atoms with Crippen LogP contribution in [0.4, 0.5) is 0 Å². The van der Waals surface area contributed by atoms with E-state index in [-0.39, 0.29) is 17.4 Å². The number of carboxylic acid groups (broad SMARTS) is 1. The second-order valence-corrected chi connectivity index (χ2v) is 7.49. The molecule has 1 N–H and O–H groups in total. The standard InChI is InChI=1S/C24H23NO4/c26-23(21-11-10-19-12-13-29-22(19)14-21)25(15-17-4-2-1-3-5-17)16-18-6-8-20(9-7-18)24(27)28/h1-9,12-13,21H,10-11,14-16H2,(H,27,28). The van der Waals surface area contributed by atoms with Gasteiger partial charge in [-0.15, -0.1) is 0 Å². The van der Waals surface area contributed by atoms with Crippen molar-refractivity contribution in [3.8, 4) is 0 Å². The van der Waals surface area contributed by atoms with E-state index < -0.39 is 5.97 Å². The van der Waals surface area contributed by atoms with Crippen molar-refractivity contribution in [2.75, 3.05) is 0 Å². The molecule has 2 aromatic carbocycles. The first-order valence-electron chi connectivity index (χ1n) is 9.80. The van der Waals surface area contributed by atoms with Crippen LogP contribution < -0.4 is 0 Å². The molecule has 5 nitrogen and oxygen atoms in total. The Bertz CT molecular complexity index is 991. The minimum absolute atomic E-state index is 0.101. The Kier molecular flexibility index (Phi) is 5.47. The molecule has 148 valence electrons. The average Bonchev–Trinajstić information content (AvgIpc) is 3.22. The lowest BCUT2D eigenvalue weighted by Gasteiger charge is -2.29. The van der Waals surface area contributed by atoms with E-state index in [0.717, 1.165) is 29.7 Å². The van der Waals surface area contributed by atoms with Crippen molar-refractivity contribution in [1.29, 1.82) is 0 Å². The summed E-state index contributed by atoms with van der Waals surface area (Å²) in [6.45, 7) is 0.955. The molecule has 0 saturated heterocycles. The van der Waals surface area contributed by atoms with Crippen LogP contribution >= 0.6 is 0 Å². The molecule has 0 saturated carbocycles. The first-order valence-corrected chi connectivity index (χ1v) is 9.80. The number of furan rings is 1. The average molecular weight is 389 g/mol. The third kappa shape index (κ3) is 4.40. The maximum Gasteiger partial charge on any atom is 0.335 e. The third-order valence-corrected chi connectivity index (χ3v) is 5.48. The maximum atomic E-state index is 13.4. The first-order chi connectivity index (χ1) is 14.1. The van der Waals surface area contributed by atoms with Crippen LogP contribution in [0.2, 0.25) is 0 Å². The van der Waals surface area contributed by atoms with Gasteiger partial charge in [-0.3, -0.25) is 4.79 Å². The van der Waals surface area contributed by atoms with Gasteiger partial charge in [0.1, 0.15) is 5.76 Å². The Morgan fingerprint density at radius 2 is 1.66 bits per heavy atom. The van der Waals surface area contributed by atoms with Crippen molar-refractivity contribution in [3.63, 3.8) is 0 Å². The predicted molar refractivity (Wildman–Crippen MR) is 108 cm³/mol. The van der Waals surface area contributed by atoms with Crippen molar-refractivity contribution in [3.05, 3.63) is 94.9 Å². The Hall–Kier alpha value is -3.34. The van der Waals surface area contributed by atoms with Crippen molar-refractivity contribution in [2.45, 2.75) is 32.4 Å². The van der Waals surface area contributed by atoms with E-state index in [9.17, 15) is 9.59 Å². The van der Waals surface area contributed by atoms with Crippen molar-refractivity contribution in [1.82, 2.24) is 4.90 Å². The molecule has 5 heteroatoms. The molecule has 1 aliphatic carbocycles. The smallest absolute Gasteiger partial charge is 0.335 e. The van der Waals surface area contributed by atoms with Crippen LogP contribution in [0.1, 0.15) is 39.2 Å². The number of carbonyl (C=O) groups is 2. The third-order valence-electron chi connectivity index (χ3n) is 5.48. The van der Waals surface area contributed by atoms with Gasteiger partial charge in [-0.05, 0) is 47.7 Å². The number of rotatable bonds is 6. The van der Waals surface area contributed by atoms with Gasteiger partial charge in [0, 0.05) is 25.4 Å². The Morgan fingerprint density at radius 1 is 0.966 bits per heavy atom. The molecule has 0 spiro atoms. The van der Waals surface area contributed by atoms with Gasteiger partial charge in [0.15, 0.2) is 0 Å². The first kappa shape index (κ1) is 19.0. The molecule has 4 rings (SSSR count). The van der Waals surface area contributed by atoms with Crippen molar-refractivity contribution >= 4 is 11.9 Å². The summed E-state index contributed by atoms with van der Waals surface area (Å²) in [6, 6.07) is 18.6. The van der Waals surface area contributed by atoms with Gasteiger partial charge in [-0.1, -0.05) is 42.5 Å². The van der Waals surface area contributed by atoms with Crippen LogP contribution in [-0.2, 0) is 30.7 Å². The van der Waals surface area contributed by atoms with Gasteiger partial charge in [0.25, 0.3) is 0 Å². The summed E-state index contributed by atoms with van der Waals surface area (Å²) in [6.07, 6.45) is 4.00. The van der Waals surface area contributed by atoms with Gasteiger partial charge in [-0.2, -0.15) is 0 Å². The molecule has 1 amide bonds. The zero-order valence-electron chi connectivity index (χ0n) is 16.1. The molecular weight excluding hydrogens is 366 g/mol. The monoisotopic (exact) mass is 389 g/mol. The number of aryl methyl sites for hydroxylation is 1. The molecule has 1 unspecified atom stereocenters. The number of benzene rings is 2. The van der Waals surface area contributed by atoms with Crippen LogP contribution in [0.25, 0.3) is 0 Å². The second-order valence-electron chi connectivity index (χ2n) is 7.49. The second kappa shape index (κ2) is 8.35. The lowest BCUT2D eigenvalue weighted by Crippen LogP contribution is -2.37. The number of carbonyl (C=O) groups excluding carboxylic acids is 1. The minimum atomic E-state index is -0.953. The molecule has 1 heterocycles. The van der Waals surface area contributed by atoms with E-state index in [1.165, 1.54) is 5.56 Å². The molecule has 1 aliphatic rings. The van der Waals surface area contributed by atoms with E-state index in [1.807, 2.05) is 41.3 Å². The summed E-state index contributed by atoms with van der Waals surface area (Å²) in [5.41, 5.74) is 3.42. The van der Waals surface area contributed by atoms with Crippen molar-refractivity contribution in [2.24, 2.45) is 5.92 Å². The molecule has 1 atom stereocenters. The predicted octanol–water partition coefficient (Wildman–Crippen LogP) is 4.31. The van der Waals surface area contributed by atoms with Gasteiger partial charge < -0.3 is 14.4 Å². The summed E-state index contributed by atoms with van der Waals surface area (Å²) >= 11 is 0. The molecular formula is C24H23NO4. The number of aromatic carboxylic acids is 1. The van der Waals surface area contributed by atoms with E-state index in [0.29, 0.717) is 19.5 Å². The molecule has 0 radical (unpaired) electrons. The summed E-state index contributed by atoms with van der Waals surface area (Å²) in [7, 11) is 0. The number of carboxylic acids is 1. The zero-order valence-corrected chi connectivity index (χ0v) is 16.1. The summed E-state index contributed by atoms with van der Waals surface area (Å²) in [4.78, 5) is 26.4. The lowest BCUT2D eigenvalue weighted by molar-refractivity contribution is -0.137. The van der Waals surface area contributed by atoms with E-state index in [2.05, 4.69) is 0 Å². The summed E-state index contributed by atoms with van der Waals surface area (Å²) in [5.74, 6) is -0.0285. The number of amides is 1. The van der Waals surface area contributed by atoms with Crippen LogP contribution in [0.5, 0.6) is 0 Å². The lowest BCUT2D eigenvalue weighted by atomic mass is 9.87. The van der Waals surface area contributed by atoms with Gasteiger partial charge >= 0.3 is 5.97 Å².